The highest BCUT2D eigenvalue weighted by molar-refractivity contribution is 7.10. The Balaban J connectivity index is 1.81. The standard InChI is InChI=1S/C20H22FNO3S/c1-12-3-8-15-16(11-26-18(15)9-12)20(24)22-17(10-19(23)25-2)13-4-6-14(21)7-5-13/h4-7,11-12,17H,3,8-10H2,1-2H3,(H,22,24). The van der Waals surface area contributed by atoms with E-state index in [-0.39, 0.29) is 18.1 Å². The lowest BCUT2D eigenvalue weighted by Crippen LogP contribution is -2.31. The van der Waals surface area contributed by atoms with Crippen LogP contribution >= 0.6 is 11.3 Å². The van der Waals surface area contributed by atoms with Crippen LogP contribution in [0.5, 0.6) is 0 Å². The van der Waals surface area contributed by atoms with E-state index in [0.29, 0.717) is 17.0 Å². The second kappa shape index (κ2) is 7.99. The van der Waals surface area contributed by atoms with Gasteiger partial charge in [0, 0.05) is 10.3 Å². The van der Waals surface area contributed by atoms with Gasteiger partial charge < -0.3 is 10.1 Å². The van der Waals surface area contributed by atoms with Crippen LogP contribution in [0.15, 0.2) is 29.6 Å². The highest BCUT2D eigenvalue weighted by Crippen LogP contribution is 2.33. The van der Waals surface area contributed by atoms with E-state index < -0.39 is 12.0 Å². The topological polar surface area (TPSA) is 55.4 Å². The largest absolute Gasteiger partial charge is 0.469 e. The lowest BCUT2D eigenvalue weighted by Gasteiger charge is -2.21. The van der Waals surface area contributed by atoms with Crippen molar-refractivity contribution in [2.45, 2.75) is 38.6 Å². The third kappa shape index (κ3) is 4.12. The minimum Gasteiger partial charge on any atom is -0.469 e. The molecule has 1 N–H and O–H groups in total. The third-order valence-corrected chi connectivity index (χ3v) is 5.87. The van der Waals surface area contributed by atoms with Gasteiger partial charge in [0.15, 0.2) is 0 Å². The molecule has 26 heavy (non-hydrogen) atoms. The van der Waals surface area contributed by atoms with E-state index in [0.717, 1.165) is 24.8 Å². The molecule has 1 aromatic heterocycles. The number of nitrogens with one attached hydrogen (secondary N) is 1. The predicted molar refractivity (Wildman–Crippen MR) is 98.7 cm³/mol. The van der Waals surface area contributed by atoms with Gasteiger partial charge >= 0.3 is 5.97 Å². The lowest BCUT2D eigenvalue weighted by molar-refractivity contribution is -0.141. The summed E-state index contributed by atoms with van der Waals surface area (Å²) in [7, 11) is 1.31. The Morgan fingerprint density at radius 2 is 2.08 bits per heavy atom. The number of ether oxygens (including phenoxy) is 1. The predicted octanol–water partition coefficient (Wildman–Crippen LogP) is 4.05. The molecule has 0 fully saturated rings. The summed E-state index contributed by atoms with van der Waals surface area (Å²) in [5.41, 5.74) is 2.48. The highest BCUT2D eigenvalue weighted by Gasteiger charge is 2.26. The van der Waals surface area contributed by atoms with Crippen LogP contribution < -0.4 is 5.32 Å². The molecule has 2 unspecified atom stereocenters. The number of thiophene rings is 1. The van der Waals surface area contributed by atoms with Crippen LogP contribution in [0, 0.1) is 11.7 Å². The van der Waals surface area contributed by atoms with E-state index in [9.17, 15) is 14.0 Å². The Morgan fingerprint density at radius 1 is 1.35 bits per heavy atom. The van der Waals surface area contributed by atoms with Gasteiger partial charge in [-0.05, 0) is 48.4 Å². The number of hydrogen-bond donors (Lipinski definition) is 1. The fourth-order valence-electron chi connectivity index (χ4n) is 3.30. The molecular formula is C20H22FNO3S. The van der Waals surface area contributed by atoms with Gasteiger partial charge in [0.05, 0.1) is 25.1 Å². The number of methoxy groups -OCH3 is 1. The van der Waals surface area contributed by atoms with Crippen LogP contribution in [0.4, 0.5) is 4.39 Å². The Bertz CT molecular complexity index is 800. The Hall–Kier alpha value is -2.21. The number of hydrogen-bond acceptors (Lipinski definition) is 4. The normalized spacial score (nSPS) is 17.3. The first-order chi connectivity index (χ1) is 12.5. The van der Waals surface area contributed by atoms with Gasteiger partial charge in [-0.25, -0.2) is 4.39 Å². The van der Waals surface area contributed by atoms with E-state index in [1.54, 1.807) is 23.5 Å². The van der Waals surface area contributed by atoms with Gasteiger partial charge in [-0.15, -0.1) is 11.3 Å². The van der Waals surface area contributed by atoms with Crippen molar-refractivity contribution in [1.29, 1.82) is 0 Å². The quantitative estimate of drug-likeness (QED) is 0.803. The van der Waals surface area contributed by atoms with Gasteiger partial charge in [-0.1, -0.05) is 19.1 Å². The average Bonchev–Trinajstić information content (AvgIpc) is 3.04. The van der Waals surface area contributed by atoms with Gasteiger partial charge in [0.25, 0.3) is 5.91 Å². The maximum atomic E-state index is 13.2. The summed E-state index contributed by atoms with van der Waals surface area (Å²) in [5.74, 6) is -0.350. The fraction of sp³-hybridized carbons (Fsp3) is 0.400. The monoisotopic (exact) mass is 375 g/mol. The summed E-state index contributed by atoms with van der Waals surface area (Å²) in [6, 6.07) is 5.23. The maximum absolute atomic E-state index is 13.2. The summed E-state index contributed by atoms with van der Waals surface area (Å²) in [4.78, 5) is 25.9. The molecule has 0 saturated carbocycles. The Labute approximate surface area is 156 Å². The molecule has 1 aromatic carbocycles. The van der Waals surface area contributed by atoms with Gasteiger partial charge in [0.2, 0.25) is 0 Å². The first-order valence-corrected chi connectivity index (χ1v) is 9.58. The van der Waals surface area contributed by atoms with Crippen LogP contribution in [-0.2, 0) is 22.4 Å². The molecule has 0 saturated heterocycles. The van der Waals surface area contributed by atoms with Crippen molar-refractivity contribution in [3.05, 3.63) is 57.0 Å². The molecule has 1 aliphatic rings. The van der Waals surface area contributed by atoms with Gasteiger partial charge in [-0.3, -0.25) is 9.59 Å². The lowest BCUT2D eigenvalue weighted by atomic mass is 9.88. The molecule has 1 aliphatic carbocycles. The average molecular weight is 375 g/mol. The van der Waals surface area contributed by atoms with Crippen molar-refractivity contribution in [3.8, 4) is 0 Å². The minimum atomic E-state index is -0.561. The molecule has 138 valence electrons. The Morgan fingerprint density at radius 3 is 2.77 bits per heavy atom. The molecule has 4 nitrogen and oxygen atoms in total. The van der Waals surface area contributed by atoms with E-state index >= 15 is 0 Å². The van der Waals surface area contributed by atoms with Gasteiger partial charge in [-0.2, -0.15) is 0 Å². The van der Waals surface area contributed by atoms with E-state index in [4.69, 9.17) is 4.74 Å². The Kier molecular flexibility index (Phi) is 5.71. The van der Waals surface area contributed by atoms with Crippen LogP contribution in [0.1, 0.15) is 52.2 Å². The number of fused-ring (bicyclic) bond motifs is 1. The number of rotatable bonds is 5. The zero-order valence-electron chi connectivity index (χ0n) is 14.9. The molecular weight excluding hydrogens is 353 g/mol. The first kappa shape index (κ1) is 18.6. The first-order valence-electron chi connectivity index (χ1n) is 8.70. The number of benzene rings is 1. The number of halogens is 1. The van der Waals surface area contributed by atoms with Crippen LogP contribution in [0.3, 0.4) is 0 Å². The summed E-state index contributed by atoms with van der Waals surface area (Å²) in [5, 5.41) is 4.83. The van der Waals surface area contributed by atoms with Crippen LogP contribution in [0.25, 0.3) is 0 Å². The molecule has 0 bridgehead atoms. The molecule has 0 spiro atoms. The van der Waals surface area contributed by atoms with E-state index in [2.05, 4.69) is 12.2 Å². The molecule has 6 heteroatoms. The SMILES string of the molecule is COC(=O)CC(NC(=O)c1csc2c1CCC(C)C2)c1ccc(F)cc1. The summed E-state index contributed by atoms with van der Waals surface area (Å²) < 4.78 is 17.9. The maximum Gasteiger partial charge on any atom is 0.307 e. The van der Waals surface area contributed by atoms with Gasteiger partial charge in [0.1, 0.15) is 5.82 Å². The number of carbonyl (C=O) groups is 2. The van der Waals surface area contributed by atoms with Crippen molar-refractivity contribution < 1.29 is 18.7 Å². The number of carbonyl (C=O) groups excluding carboxylic acids is 2. The van der Waals surface area contributed by atoms with E-state index in [1.807, 2.05) is 5.38 Å². The second-order valence-corrected chi connectivity index (χ2v) is 7.72. The minimum absolute atomic E-state index is 0.00274. The van der Waals surface area contributed by atoms with Crippen LogP contribution in [0.2, 0.25) is 0 Å². The zero-order valence-corrected chi connectivity index (χ0v) is 15.7. The molecule has 1 amide bonds. The zero-order chi connectivity index (χ0) is 18.7. The van der Waals surface area contributed by atoms with Crippen LogP contribution in [-0.4, -0.2) is 19.0 Å². The van der Waals surface area contributed by atoms with Crippen molar-refractivity contribution in [2.24, 2.45) is 5.92 Å². The number of esters is 1. The molecule has 0 radical (unpaired) electrons. The molecule has 3 rings (SSSR count). The molecule has 2 atom stereocenters. The molecule has 2 aromatic rings. The van der Waals surface area contributed by atoms with Crippen molar-refractivity contribution >= 4 is 23.2 Å². The van der Waals surface area contributed by atoms with Crippen molar-refractivity contribution in [2.75, 3.05) is 7.11 Å². The molecule has 0 aliphatic heterocycles. The summed E-state index contributed by atoms with van der Waals surface area (Å²) in [6.45, 7) is 2.23. The number of amides is 1. The second-order valence-electron chi connectivity index (χ2n) is 6.76. The fourth-order valence-corrected chi connectivity index (χ4v) is 4.55. The van der Waals surface area contributed by atoms with Crippen molar-refractivity contribution in [3.63, 3.8) is 0 Å². The highest BCUT2D eigenvalue weighted by atomic mass is 32.1. The smallest absolute Gasteiger partial charge is 0.307 e. The summed E-state index contributed by atoms with van der Waals surface area (Å²) >= 11 is 1.63. The third-order valence-electron chi connectivity index (χ3n) is 4.82. The van der Waals surface area contributed by atoms with Crippen molar-refractivity contribution in [1.82, 2.24) is 5.32 Å². The molecule has 1 heterocycles. The summed E-state index contributed by atoms with van der Waals surface area (Å²) in [6.07, 6.45) is 2.99. The van der Waals surface area contributed by atoms with E-state index in [1.165, 1.54) is 24.1 Å².